The SMILES string of the molecule is CCCCc1nc(Cl)c(COCc2occc2C(=O)OC)n1Cc1ccc(-c2ccccc2-c2nnnn2C(c2ccccc2)(c2ccccc2)c2ccccc2)cc1. The van der Waals surface area contributed by atoms with Crippen molar-refractivity contribution in [2.24, 2.45) is 0 Å². The summed E-state index contributed by atoms with van der Waals surface area (Å²) in [5.41, 5.74) is 7.26. The van der Waals surface area contributed by atoms with E-state index in [0.717, 1.165) is 69.7 Å². The van der Waals surface area contributed by atoms with Crippen LogP contribution in [0.15, 0.2) is 156 Å². The Balaban J connectivity index is 1.13. The predicted octanol–water partition coefficient (Wildman–Crippen LogP) is 10.2. The zero-order chi connectivity index (χ0) is 40.6. The molecule has 0 N–H and O–H groups in total. The lowest BCUT2D eigenvalue weighted by atomic mass is 9.77. The van der Waals surface area contributed by atoms with Crippen LogP contribution in [-0.2, 0) is 41.2 Å². The van der Waals surface area contributed by atoms with Gasteiger partial charge in [-0.3, -0.25) is 0 Å². The van der Waals surface area contributed by atoms with Crippen LogP contribution < -0.4 is 0 Å². The lowest BCUT2D eigenvalue weighted by Gasteiger charge is -2.36. The van der Waals surface area contributed by atoms with Crippen LogP contribution in [0.3, 0.4) is 0 Å². The zero-order valence-corrected chi connectivity index (χ0v) is 33.6. The average Bonchev–Trinajstić information content (AvgIpc) is 4.04. The molecule has 0 fully saturated rings. The highest BCUT2D eigenvalue weighted by Gasteiger charge is 2.42. The summed E-state index contributed by atoms with van der Waals surface area (Å²) in [5, 5.41) is 14.2. The average molecular weight is 803 g/mol. The van der Waals surface area contributed by atoms with E-state index in [1.54, 1.807) is 6.07 Å². The fourth-order valence-electron chi connectivity index (χ4n) is 7.73. The maximum atomic E-state index is 12.2. The Morgan fingerprint density at radius 2 is 1.37 bits per heavy atom. The van der Waals surface area contributed by atoms with E-state index in [9.17, 15) is 4.79 Å². The second-order valence-corrected chi connectivity index (χ2v) is 14.5. The summed E-state index contributed by atoms with van der Waals surface area (Å²) in [6.07, 6.45) is 4.21. The molecule has 11 heteroatoms. The Kier molecular flexibility index (Phi) is 11.9. The Labute approximate surface area is 348 Å². The molecule has 0 aliphatic rings. The first-order valence-corrected chi connectivity index (χ1v) is 20.0. The normalized spacial score (nSPS) is 11.5. The lowest BCUT2D eigenvalue weighted by Crippen LogP contribution is -2.39. The van der Waals surface area contributed by atoms with Gasteiger partial charge in [0, 0.05) is 18.5 Å². The Morgan fingerprint density at radius 3 is 1.98 bits per heavy atom. The van der Waals surface area contributed by atoms with Crippen LogP contribution in [-0.4, -0.2) is 42.8 Å². The van der Waals surface area contributed by atoms with Crippen LogP contribution >= 0.6 is 11.6 Å². The molecule has 59 heavy (non-hydrogen) atoms. The van der Waals surface area contributed by atoms with E-state index >= 15 is 0 Å². The molecule has 0 amide bonds. The maximum Gasteiger partial charge on any atom is 0.341 e. The minimum absolute atomic E-state index is 0.0732. The zero-order valence-electron chi connectivity index (χ0n) is 32.9. The molecule has 0 spiro atoms. The van der Waals surface area contributed by atoms with Crippen LogP contribution in [0.1, 0.15) is 69.7 Å². The number of ether oxygens (including phenoxy) is 2. The molecule has 0 radical (unpaired) electrons. The number of aromatic nitrogens is 6. The van der Waals surface area contributed by atoms with Gasteiger partial charge in [0.1, 0.15) is 29.3 Å². The number of benzene rings is 5. The quantitative estimate of drug-likeness (QED) is 0.0702. The molecule has 0 aliphatic heterocycles. The third-order valence-corrected chi connectivity index (χ3v) is 10.9. The number of hydrogen-bond acceptors (Lipinski definition) is 8. The number of methoxy groups -OCH3 is 1. The number of unbranched alkanes of at least 4 members (excludes halogenated alkanes) is 1. The van der Waals surface area contributed by atoms with Crippen LogP contribution in [0.2, 0.25) is 5.15 Å². The molecule has 5 aromatic carbocycles. The molecule has 8 rings (SSSR count). The van der Waals surface area contributed by atoms with E-state index in [4.69, 9.17) is 40.8 Å². The van der Waals surface area contributed by atoms with Crippen LogP contribution in [0, 0.1) is 0 Å². The van der Waals surface area contributed by atoms with Gasteiger partial charge in [0.25, 0.3) is 0 Å². The van der Waals surface area contributed by atoms with E-state index in [1.807, 2.05) is 35.0 Å². The molecule has 3 heterocycles. The number of halogens is 1. The number of rotatable bonds is 16. The van der Waals surface area contributed by atoms with Crippen molar-refractivity contribution in [2.75, 3.05) is 7.11 Å². The van der Waals surface area contributed by atoms with Gasteiger partial charge >= 0.3 is 5.97 Å². The Morgan fingerprint density at radius 1 is 0.763 bits per heavy atom. The monoisotopic (exact) mass is 802 g/mol. The fraction of sp³-hybridized carbons (Fsp3) is 0.188. The van der Waals surface area contributed by atoms with Crippen LogP contribution in [0.4, 0.5) is 0 Å². The van der Waals surface area contributed by atoms with Gasteiger partial charge in [0.15, 0.2) is 11.0 Å². The summed E-state index contributed by atoms with van der Waals surface area (Å²) in [6, 6.07) is 49.5. The van der Waals surface area contributed by atoms with E-state index in [0.29, 0.717) is 28.8 Å². The van der Waals surface area contributed by atoms with Crippen molar-refractivity contribution < 1.29 is 18.7 Å². The first-order chi connectivity index (χ1) is 29.0. The minimum atomic E-state index is -0.885. The largest absolute Gasteiger partial charge is 0.466 e. The van der Waals surface area contributed by atoms with Crippen molar-refractivity contribution in [1.29, 1.82) is 0 Å². The van der Waals surface area contributed by atoms with Crippen molar-refractivity contribution in [3.63, 3.8) is 0 Å². The van der Waals surface area contributed by atoms with Crippen molar-refractivity contribution in [3.8, 4) is 22.5 Å². The molecular weight excluding hydrogens is 760 g/mol. The van der Waals surface area contributed by atoms with Gasteiger partial charge in [-0.25, -0.2) is 14.5 Å². The maximum absolute atomic E-state index is 12.2. The number of esters is 1. The van der Waals surface area contributed by atoms with Gasteiger partial charge < -0.3 is 18.5 Å². The van der Waals surface area contributed by atoms with Gasteiger partial charge in [-0.05, 0) is 56.3 Å². The molecule has 0 atom stereocenters. The summed E-state index contributed by atoms with van der Waals surface area (Å²) in [4.78, 5) is 16.9. The number of tetrazole rings is 1. The third kappa shape index (κ3) is 7.84. The number of carbonyl (C=O) groups excluding carboxylic acids is 1. The standard InChI is InChI=1S/C48H43ClN6O4/c1-3-4-24-44-50-45(49)42(32-58-33-43-41(29-30-59-43)47(56)57-2)54(44)31-34-25-27-35(28-26-34)39-22-14-15-23-40(39)46-51-52-53-55(46)48(36-16-8-5-9-17-36,37-18-10-6-11-19-37)38-20-12-7-13-21-38/h5-23,25-30H,3-4,24,31-33H2,1-2H3. The molecule has 8 aromatic rings. The van der Waals surface area contributed by atoms with Gasteiger partial charge in [0.2, 0.25) is 0 Å². The van der Waals surface area contributed by atoms with E-state index in [1.165, 1.54) is 13.4 Å². The smallest absolute Gasteiger partial charge is 0.341 e. The van der Waals surface area contributed by atoms with Crippen molar-refractivity contribution >= 4 is 17.6 Å². The van der Waals surface area contributed by atoms with Crippen molar-refractivity contribution in [1.82, 2.24) is 29.8 Å². The highest BCUT2D eigenvalue weighted by atomic mass is 35.5. The number of furan rings is 1. The molecule has 10 nitrogen and oxygen atoms in total. The molecule has 0 bridgehead atoms. The van der Waals surface area contributed by atoms with Crippen molar-refractivity contribution in [2.45, 2.75) is 51.5 Å². The Bertz CT molecular complexity index is 2520. The van der Waals surface area contributed by atoms with Gasteiger partial charge in [0.05, 0.1) is 25.7 Å². The number of aryl methyl sites for hydroxylation is 1. The second kappa shape index (κ2) is 17.9. The third-order valence-electron chi connectivity index (χ3n) is 10.6. The highest BCUT2D eigenvalue weighted by Crippen LogP contribution is 2.43. The molecule has 0 saturated carbocycles. The summed E-state index contributed by atoms with van der Waals surface area (Å²) in [7, 11) is 1.33. The molecule has 296 valence electrons. The summed E-state index contributed by atoms with van der Waals surface area (Å²) in [5.74, 6) is 1.43. The topological polar surface area (TPSA) is 110 Å². The lowest BCUT2D eigenvalue weighted by molar-refractivity contribution is 0.0578. The van der Waals surface area contributed by atoms with Crippen LogP contribution in [0.5, 0.6) is 0 Å². The first-order valence-electron chi connectivity index (χ1n) is 19.6. The highest BCUT2D eigenvalue weighted by molar-refractivity contribution is 6.30. The number of carbonyl (C=O) groups is 1. The van der Waals surface area contributed by atoms with Crippen LogP contribution in [0.25, 0.3) is 22.5 Å². The van der Waals surface area contributed by atoms with Crippen molar-refractivity contribution in [3.05, 3.63) is 202 Å². The molecule has 3 aromatic heterocycles. The molecular formula is C48H43ClN6O4. The summed E-state index contributed by atoms with van der Waals surface area (Å²) in [6.45, 7) is 2.94. The molecule has 0 saturated heterocycles. The van der Waals surface area contributed by atoms with E-state index in [2.05, 4.69) is 126 Å². The number of imidazole rings is 1. The number of hydrogen-bond donors (Lipinski definition) is 0. The molecule has 0 unspecified atom stereocenters. The van der Waals surface area contributed by atoms with Gasteiger partial charge in [-0.1, -0.05) is 164 Å². The van der Waals surface area contributed by atoms with Gasteiger partial charge in [-0.15, -0.1) is 5.10 Å². The Hall–Kier alpha value is -6.62. The first kappa shape index (κ1) is 39.2. The van der Waals surface area contributed by atoms with Gasteiger partial charge in [-0.2, -0.15) is 0 Å². The molecule has 0 aliphatic carbocycles. The summed E-state index contributed by atoms with van der Waals surface area (Å²) >= 11 is 6.77. The second-order valence-electron chi connectivity index (χ2n) is 14.2. The minimum Gasteiger partial charge on any atom is -0.466 e. The van der Waals surface area contributed by atoms with E-state index < -0.39 is 11.5 Å². The van der Waals surface area contributed by atoms with E-state index in [-0.39, 0.29) is 13.2 Å². The predicted molar refractivity (Wildman–Crippen MR) is 227 cm³/mol. The fourth-order valence-corrected chi connectivity index (χ4v) is 7.98. The number of nitrogens with zero attached hydrogens (tertiary/aromatic N) is 6. The summed E-state index contributed by atoms with van der Waals surface area (Å²) < 4.78 is 20.5.